The molecule has 0 amide bonds. The van der Waals surface area contributed by atoms with E-state index in [4.69, 9.17) is 0 Å². The van der Waals surface area contributed by atoms with Gasteiger partial charge >= 0.3 is 0 Å². The van der Waals surface area contributed by atoms with Crippen LogP contribution in [0.15, 0.2) is 28.7 Å². The van der Waals surface area contributed by atoms with Crippen molar-refractivity contribution in [1.29, 1.82) is 0 Å². The quantitative estimate of drug-likeness (QED) is 0.867. The fourth-order valence-corrected chi connectivity index (χ4v) is 2.16. The number of aryl methyl sites for hydroxylation is 2. The van der Waals surface area contributed by atoms with Gasteiger partial charge in [-0.1, -0.05) is 22.0 Å². The Labute approximate surface area is 103 Å². The smallest absolute Gasteiger partial charge is 0.0699 e. The Kier molecular flexibility index (Phi) is 3.17. The van der Waals surface area contributed by atoms with E-state index in [0.29, 0.717) is 0 Å². The van der Waals surface area contributed by atoms with Crippen molar-refractivity contribution in [3.05, 3.63) is 45.6 Å². The van der Waals surface area contributed by atoms with Gasteiger partial charge < -0.3 is 10.1 Å². The average Bonchev–Trinajstić information content (AvgIpc) is 2.63. The molecule has 0 unspecified atom stereocenters. The fourth-order valence-electron chi connectivity index (χ4n) is 1.79. The molecule has 0 fully saturated rings. The molecule has 0 aliphatic carbocycles. The van der Waals surface area contributed by atoms with Crippen LogP contribution in [-0.2, 0) is 6.61 Å². The van der Waals surface area contributed by atoms with Gasteiger partial charge in [0.2, 0.25) is 0 Å². The zero-order chi connectivity index (χ0) is 11.7. The largest absolute Gasteiger partial charge is 0.392 e. The number of rotatable bonds is 2. The maximum absolute atomic E-state index is 9.17. The molecule has 0 bridgehead atoms. The van der Waals surface area contributed by atoms with E-state index in [0.717, 1.165) is 27.0 Å². The highest BCUT2D eigenvalue weighted by molar-refractivity contribution is 9.10. The van der Waals surface area contributed by atoms with Crippen LogP contribution in [0.4, 0.5) is 0 Å². The molecule has 0 radical (unpaired) electrons. The third-order valence-electron chi connectivity index (χ3n) is 2.78. The number of hydrogen-bond donors (Lipinski definition) is 2. The summed E-state index contributed by atoms with van der Waals surface area (Å²) in [7, 11) is 0. The number of halogens is 1. The second-order valence-electron chi connectivity index (χ2n) is 3.95. The van der Waals surface area contributed by atoms with Gasteiger partial charge in [0.05, 0.1) is 6.61 Å². The molecule has 0 aliphatic rings. The Morgan fingerprint density at radius 2 is 2.00 bits per heavy atom. The van der Waals surface area contributed by atoms with Gasteiger partial charge in [-0.15, -0.1) is 0 Å². The van der Waals surface area contributed by atoms with Crippen molar-refractivity contribution < 1.29 is 5.11 Å². The van der Waals surface area contributed by atoms with Crippen LogP contribution in [0.5, 0.6) is 0 Å². The van der Waals surface area contributed by atoms with Gasteiger partial charge in [0.15, 0.2) is 0 Å². The van der Waals surface area contributed by atoms with Crippen molar-refractivity contribution in [1.82, 2.24) is 4.98 Å². The van der Waals surface area contributed by atoms with E-state index in [1.807, 2.05) is 19.1 Å². The van der Waals surface area contributed by atoms with E-state index in [1.165, 1.54) is 5.56 Å². The molecule has 1 aromatic heterocycles. The molecule has 0 atom stereocenters. The van der Waals surface area contributed by atoms with Crippen molar-refractivity contribution in [2.45, 2.75) is 20.5 Å². The minimum absolute atomic E-state index is 0.0788. The van der Waals surface area contributed by atoms with E-state index >= 15 is 0 Å². The van der Waals surface area contributed by atoms with Crippen LogP contribution in [0.25, 0.3) is 11.3 Å². The minimum atomic E-state index is 0.0788. The Hall–Kier alpha value is -1.06. The molecule has 3 heteroatoms. The lowest BCUT2D eigenvalue weighted by Gasteiger charge is -2.04. The standard InChI is InChI=1S/C13H14BrNO/c1-8-3-4-11(14)6-12(8)13-5-10(7-16)9(2)15-13/h3-6,15-16H,7H2,1-2H3. The SMILES string of the molecule is Cc1ccc(Br)cc1-c1cc(CO)c(C)[nH]1. The Bertz CT molecular complexity index is 517. The van der Waals surface area contributed by atoms with Crippen LogP contribution >= 0.6 is 15.9 Å². The predicted molar refractivity (Wildman–Crippen MR) is 69.3 cm³/mol. The van der Waals surface area contributed by atoms with E-state index in [1.54, 1.807) is 0 Å². The van der Waals surface area contributed by atoms with Crippen LogP contribution in [0, 0.1) is 13.8 Å². The van der Waals surface area contributed by atoms with Crippen molar-refractivity contribution in [3.63, 3.8) is 0 Å². The molecule has 0 saturated carbocycles. The van der Waals surface area contributed by atoms with Crippen molar-refractivity contribution >= 4 is 15.9 Å². The van der Waals surface area contributed by atoms with E-state index in [-0.39, 0.29) is 6.61 Å². The molecule has 16 heavy (non-hydrogen) atoms. The van der Waals surface area contributed by atoms with Gasteiger partial charge in [0.1, 0.15) is 0 Å². The summed E-state index contributed by atoms with van der Waals surface area (Å²) in [5.74, 6) is 0. The van der Waals surface area contributed by atoms with Crippen LogP contribution < -0.4 is 0 Å². The summed E-state index contributed by atoms with van der Waals surface area (Å²) < 4.78 is 1.06. The first-order chi connectivity index (χ1) is 7.61. The molecule has 0 aliphatic heterocycles. The summed E-state index contributed by atoms with van der Waals surface area (Å²) in [5, 5.41) is 9.17. The number of H-pyrrole nitrogens is 1. The highest BCUT2D eigenvalue weighted by Crippen LogP contribution is 2.27. The zero-order valence-corrected chi connectivity index (χ0v) is 10.9. The minimum Gasteiger partial charge on any atom is -0.392 e. The van der Waals surface area contributed by atoms with Gasteiger partial charge in [-0.3, -0.25) is 0 Å². The lowest BCUT2D eigenvalue weighted by molar-refractivity contribution is 0.281. The highest BCUT2D eigenvalue weighted by atomic mass is 79.9. The molecule has 2 N–H and O–H groups in total. The fraction of sp³-hybridized carbons (Fsp3) is 0.231. The van der Waals surface area contributed by atoms with Crippen molar-refractivity contribution in [3.8, 4) is 11.3 Å². The third kappa shape index (κ3) is 2.06. The number of nitrogens with one attached hydrogen (secondary N) is 1. The summed E-state index contributed by atoms with van der Waals surface area (Å²) in [6.45, 7) is 4.13. The second-order valence-corrected chi connectivity index (χ2v) is 4.87. The maximum Gasteiger partial charge on any atom is 0.0699 e. The molecule has 0 spiro atoms. The number of aromatic amines is 1. The molecule has 2 nitrogen and oxygen atoms in total. The Balaban J connectivity index is 2.53. The van der Waals surface area contributed by atoms with E-state index < -0.39 is 0 Å². The Morgan fingerprint density at radius 3 is 2.62 bits per heavy atom. The van der Waals surface area contributed by atoms with Crippen LogP contribution in [0.2, 0.25) is 0 Å². The predicted octanol–water partition coefficient (Wildman–Crippen LogP) is 3.55. The van der Waals surface area contributed by atoms with Gasteiger partial charge in [0, 0.05) is 21.4 Å². The molecule has 2 aromatic rings. The van der Waals surface area contributed by atoms with E-state index in [9.17, 15) is 5.11 Å². The summed E-state index contributed by atoms with van der Waals surface area (Å²) in [6.07, 6.45) is 0. The summed E-state index contributed by atoms with van der Waals surface area (Å²) in [6, 6.07) is 8.20. The number of aliphatic hydroxyl groups is 1. The molecule has 1 heterocycles. The third-order valence-corrected chi connectivity index (χ3v) is 3.28. The topological polar surface area (TPSA) is 36.0 Å². The summed E-state index contributed by atoms with van der Waals surface area (Å²) >= 11 is 3.47. The number of hydrogen-bond acceptors (Lipinski definition) is 1. The molecular weight excluding hydrogens is 266 g/mol. The van der Waals surface area contributed by atoms with Gasteiger partial charge in [-0.25, -0.2) is 0 Å². The number of aliphatic hydroxyl groups excluding tert-OH is 1. The lowest BCUT2D eigenvalue weighted by atomic mass is 10.1. The molecular formula is C13H14BrNO. The van der Waals surface area contributed by atoms with Gasteiger partial charge in [0.25, 0.3) is 0 Å². The van der Waals surface area contributed by atoms with E-state index in [2.05, 4.69) is 40.0 Å². The zero-order valence-electron chi connectivity index (χ0n) is 9.34. The lowest BCUT2D eigenvalue weighted by Crippen LogP contribution is -1.83. The van der Waals surface area contributed by atoms with Crippen LogP contribution in [0.1, 0.15) is 16.8 Å². The second kappa shape index (κ2) is 4.44. The first-order valence-electron chi connectivity index (χ1n) is 5.17. The molecule has 2 rings (SSSR count). The normalized spacial score (nSPS) is 10.8. The number of benzene rings is 1. The average molecular weight is 280 g/mol. The van der Waals surface area contributed by atoms with Gasteiger partial charge in [-0.2, -0.15) is 0 Å². The van der Waals surface area contributed by atoms with Gasteiger partial charge in [-0.05, 0) is 43.2 Å². The van der Waals surface area contributed by atoms with Crippen molar-refractivity contribution in [2.24, 2.45) is 0 Å². The Morgan fingerprint density at radius 1 is 1.25 bits per heavy atom. The summed E-state index contributed by atoms with van der Waals surface area (Å²) in [4.78, 5) is 3.30. The number of aromatic nitrogens is 1. The molecule has 1 aromatic carbocycles. The summed E-state index contributed by atoms with van der Waals surface area (Å²) in [5.41, 5.74) is 5.41. The van der Waals surface area contributed by atoms with Crippen LogP contribution in [-0.4, -0.2) is 10.1 Å². The maximum atomic E-state index is 9.17. The van der Waals surface area contributed by atoms with Crippen LogP contribution in [0.3, 0.4) is 0 Å². The monoisotopic (exact) mass is 279 g/mol. The highest BCUT2D eigenvalue weighted by Gasteiger charge is 2.08. The first-order valence-corrected chi connectivity index (χ1v) is 5.97. The van der Waals surface area contributed by atoms with Crippen molar-refractivity contribution in [2.75, 3.05) is 0 Å². The first kappa shape index (κ1) is 11.4. The molecule has 84 valence electrons. The molecule has 0 saturated heterocycles.